The summed E-state index contributed by atoms with van der Waals surface area (Å²) in [6, 6.07) is 16.7. The number of amides is 1. The van der Waals surface area contributed by atoms with Gasteiger partial charge in [-0.1, -0.05) is 11.6 Å². The molecule has 282 valence electrons. The van der Waals surface area contributed by atoms with Gasteiger partial charge in [0.2, 0.25) is 5.41 Å². The molecule has 1 amide bonds. The van der Waals surface area contributed by atoms with Crippen molar-refractivity contribution in [3.63, 3.8) is 0 Å². The van der Waals surface area contributed by atoms with Crippen molar-refractivity contribution in [1.29, 1.82) is 0 Å². The highest BCUT2D eigenvalue weighted by atomic mass is 19.4. The Morgan fingerprint density at radius 2 is 1.32 bits per heavy atom. The highest BCUT2D eigenvalue weighted by Gasteiger charge is 2.72. The fourth-order valence-corrected chi connectivity index (χ4v) is 4.70. The Morgan fingerprint density at radius 3 is 1.83 bits per heavy atom. The number of nitrogens with zero attached hydrogens (tertiary/aromatic N) is 1. The molecule has 0 atom stereocenters. The molecule has 0 aliphatic heterocycles. The van der Waals surface area contributed by atoms with Crippen LogP contribution in [0.4, 0.5) is 43.4 Å². The fraction of sp³-hybridized carbons (Fsp3) is 0.235. The molecule has 4 aromatic carbocycles. The van der Waals surface area contributed by atoms with Gasteiger partial charge < -0.3 is 19.9 Å². The van der Waals surface area contributed by atoms with Crippen molar-refractivity contribution in [3.05, 3.63) is 123 Å². The van der Waals surface area contributed by atoms with Gasteiger partial charge in [-0.15, -0.1) is 0 Å². The Balaban J connectivity index is 1.40. The van der Waals surface area contributed by atoms with Crippen LogP contribution in [0.1, 0.15) is 37.4 Å². The minimum Gasteiger partial charge on any atom is -0.492 e. The van der Waals surface area contributed by atoms with Gasteiger partial charge in [0.15, 0.2) is 0 Å². The molecule has 4 aromatic rings. The SMILES string of the molecule is Cc1ccc(C(=O)O)c(C(=O)Nc2ccc(OCC(COc3ccc(NOCc4cc([N+](=O)[O-])ccc4COO)cc3)(C(F)(F)F)C(F)(F)F)cc2)c1. The number of nitro groups is 1. The van der Waals surface area contributed by atoms with Crippen molar-refractivity contribution in [2.75, 3.05) is 24.0 Å². The average Bonchev–Trinajstić information content (AvgIpc) is 3.09. The summed E-state index contributed by atoms with van der Waals surface area (Å²) in [6.07, 6.45) is -11.8. The van der Waals surface area contributed by atoms with Crippen molar-refractivity contribution in [1.82, 2.24) is 0 Å². The molecule has 0 aromatic heterocycles. The first-order chi connectivity index (χ1) is 24.9. The monoisotopic (exact) mass is 753 g/mol. The first kappa shape index (κ1) is 39.9. The lowest BCUT2D eigenvalue weighted by Crippen LogP contribution is -2.57. The summed E-state index contributed by atoms with van der Waals surface area (Å²) >= 11 is 0. The largest absolute Gasteiger partial charge is 0.492 e. The van der Waals surface area contributed by atoms with Crippen LogP contribution >= 0.6 is 0 Å². The van der Waals surface area contributed by atoms with Gasteiger partial charge in [-0.2, -0.15) is 26.3 Å². The molecule has 0 bridgehead atoms. The highest BCUT2D eigenvalue weighted by molar-refractivity contribution is 6.10. The summed E-state index contributed by atoms with van der Waals surface area (Å²) in [5.74, 6) is -2.94. The molecule has 4 N–H and O–H groups in total. The Morgan fingerprint density at radius 1 is 0.755 bits per heavy atom. The van der Waals surface area contributed by atoms with Crippen LogP contribution in [0.5, 0.6) is 11.5 Å². The molecule has 0 fully saturated rings. The van der Waals surface area contributed by atoms with Crippen LogP contribution in [0.3, 0.4) is 0 Å². The molecule has 0 aliphatic rings. The van der Waals surface area contributed by atoms with Gasteiger partial charge in [0.25, 0.3) is 11.6 Å². The Kier molecular flexibility index (Phi) is 12.5. The molecule has 13 nitrogen and oxygen atoms in total. The van der Waals surface area contributed by atoms with E-state index >= 15 is 0 Å². The predicted molar refractivity (Wildman–Crippen MR) is 173 cm³/mol. The van der Waals surface area contributed by atoms with E-state index in [0.717, 1.165) is 36.4 Å². The Bertz CT molecular complexity index is 1910. The van der Waals surface area contributed by atoms with Crippen molar-refractivity contribution in [3.8, 4) is 11.5 Å². The molecule has 53 heavy (non-hydrogen) atoms. The van der Waals surface area contributed by atoms with Crippen molar-refractivity contribution in [2.45, 2.75) is 32.5 Å². The second-order valence-corrected chi connectivity index (χ2v) is 11.4. The molecular weight excluding hydrogens is 724 g/mol. The van der Waals surface area contributed by atoms with Gasteiger partial charge in [-0.05, 0) is 84.8 Å². The molecule has 0 heterocycles. The normalized spacial score (nSPS) is 11.8. The number of carbonyl (C=O) groups is 2. The lowest BCUT2D eigenvalue weighted by atomic mass is 9.88. The number of carboxylic acids is 1. The van der Waals surface area contributed by atoms with Gasteiger partial charge in [0, 0.05) is 17.8 Å². The zero-order valence-corrected chi connectivity index (χ0v) is 27.3. The number of benzene rings is 4. The summed E-state index contributed by atoms with van der Waals surface area (Å²) in [5.41, 5.74) is -1.26. The summed E-state index contributed by atoms with van der Waals surface area (Å²) < 4.78 is 95.1. The van der Waals surface area contributed by atoms with Gasteiger partial charge in [-0.25, -0.2) is 9.68 Å². The number of non-ortho nitro benzene ring substituents is 1. The van der Waals surface area contributed by atoms with E-state index < -0.39 is 53.5 Å². The van der Waals surface area contributed by atoms with Crippen molar-refractivity contribution in [2.24, 2.45) is 5.41 Å². The maximum Gasteiger partial charge on any atom is 0.409 e. The van der Waals surface area contributed by atoms with Crippen LogP contribution in [0, 0.1) is 22.5 Å². The van der Waals surface area contributed by atoms with Gasteiger partial charge >= 0.3 is 18.3 Å². The molecule has 0 saturated carbocycles. The van der Waals surface area contributed by atoms with E-state index in [9.17, 15) is 51.2 Å². The number of ether oxygens (including phenoxy) is 2. The van der Waals surface area contributed by atoms with E-state index in [2.05, 4.69) is 15.7 Å². The molecule has 0 spiro atoms. The number of halogens is 6. The molecular formula is C34H29F6N3O10. The standard InChI is InChI=1S/C34H29F6N3O10/c1-20-2-13-28(31(45)46)29(14-20)30(44)41-23-4-9-26(10-5-23)50-18-32(33(35,36)37,34(38,39)40)19-51-27-11-6-24(7-12-27)42-52-16-22-15-25(43(47)48)8-3-21(22)17-53-49/h2-15,42,49H,16-19H2,1H3,(H,41,44)(H,45,46). The molecule has 0 aliphatic carbocycles. The third kappa shape index (κ3) is 9.90. The zero-order valence-electron chi connectivity index (χ0n) is 27.3. The average molecular weight is 754 g/mol. The second kappa shape index (κ2) is 16.6. The maximum absolute atomic E-state index is 14.2. The van der Waals surface area contributed by atoms with Gasteiger partial charge in [0.1, 0.15) is 37.9 Å². The summed E-state index contributed by atoms with van der Waals surface area (Å²) in [6.45, 7) is -2.78. The maximum atomic E-state index is 14.2. The van der Waals surface area contributed by atoms with Crippen LogP contribution in [-0.2, 0) is 22.9 Å². The number of hydrogen-bond acceptors (Lipinski definition) is 10. The molecule has 19 heteroatoms. The number of anilines is 2. The number of aromatic carboxylic acids is 1. The Hall–Kier alpha value is -5.92. The van der Waals surface area contributed by atoms with Gasteiger partial charge in [-0.3, -0.25) is 30.5 Å². The summed E-state index contributed by atoms with van der Waals surface area (Å²) in [7, 11) is 0. The number of carbonyl (C=O) groups excluding carboxylic acids is 1. The zero-order chi connectivity index (χ0) is 39.0. The van der Waals surface area contributed by atoms with Crippen LogP contribution in [-0.4, -0.2) is 52.7 Å². The van der Waals surface area contributed by atoms with E-state index in [-0.39, 0.29) is 52.7 Å². The number of rotatable bonds is 16. The topological polar surface area (TPSA) is 179 Å². The number of hydrogen-bond donors (Lipinski definition) is 4. The van der Waals surface area contributed by atoms with E-state index in [1.54, 1.807) is 6.92 Å². The first-order valence-corrected chi connectivity index (χ1v) is 15.1. The third-order valence-electron chi connectivity index (χ3n) is 7.71. The number of carboxylic acid groups (broad SMARTS) is 1. The van der Waals surface area contributed by atoms with E-state index in [0.29, 0.717) is 11.1 Å². The van der Waals surface area contributed by atoms with Gasteiger partial charge in [0.05, 0.1) is 21.7 Å². The summed E-state index contributed by atoms with van der Waals surface area (Å²) in [4.78, 5) is 44.0. The molecule has 0 radical (unpaired) electrons. The van der Waals surface area contributed by atoms with Crippen LogP contribution in [0.25, 0.3) is 0 Å². The van der Waals surface area contributed by atoms with Crippen LogP contribution < -0.4 is 20.3 Å². The quantitative estimate of drug-likeness (QED) is 0.0378. The minimum absolute atomic E-state index is 0.0508. The number of nitro benzene ring substituents is 1. The lowest BCUT2D eigenvalue weighted by molar-refractivity contribution is -0.385. The number of nitrogens with one attached hydrogen (secondary N) is 2. The third-order valence-corrected chi connectivity index (χ3v) is 7.71. The van der Waals surface area contributed by atoms with E-state index in [1.807, 2.05) is 0 Å². The van der Waals surface area contributed by atoms with Crippen molar-refractivity contribution >= 4 is 28.9 Å². The van der Waals surface area contributed by atoms with Crippen LogP contribution in [0.15, 0.2) is 84.9 Å². The summed E-state index contributed by atoms with van der Waals surface area (Å²) in [5, 5.41) is 31.6. The first-order valence-electron chi connectivity index (χ1n) is 15.1. The highest BCUT2D eigenvalue weighted by Crippen LogP contribution is 2.51. The fourth-order valence-electron chi connectivity index (χ4n) is 4.70. The van der Waals surface area contributed by atoms with E-state index in [1.165, 1.54) is 48.5 Å². The molecule has 0 unspecified atom stereocenters. The number of alkyl halides is 6. The molecule has 0 saturated heterocycles. The lowest BCUT2D eigenvalue weighted by Gasteiger charge is -2.36. The molecule has 4 rings (SSSR count). The predicted octanol–water partition coefficient (Wildman–Crippen LogP) is 7.96. The smallest absolute Gasteiger partial charge is 0.409 e. The second-order valence-electron chi connectivity index (χ2n) is 11.4. The van der Waals surface area contributed by atoms with Crippen molar-refractivity contribution < 1.29 is 70.4 Å². The minimum atomic E-state index is -5.89. The van der Waals surface area contributed by atoms with Crippen LogP contribution in [0.2, 0.25) is 0 Å². The Labute approximate surface area is 295 Å². The van der Waals surface area contributed by atoms with E-state index in [4.69, 9.17) is 19.6 Å². The number of aryl methyl sites for hydroxylation is 1.